The molecular formula is C16H22N4O2. The molecule has 0 radical (unpaired) electrons. The Bertz CT molecular complexity index is 601. The first-order chi connectivity index (χ1) is 10.5. The lowest BCUT2D eigenvalue weighted by molar-refractivity contribution is -0.154. The molecule has 1 aliphatic carbocycles. The number of esters is 1. The lowest BCUT2D eigenvalue weighted by Gasteiger charge is -2.27. The van der Waals surface area contributed by atoms with Gasteiger partial charge in [-0.2, -0.15) is 10.4 Å². The Kier molecular flexibility index (Phi) is 4.96. The van der Waals surface area contributed by atoms with Crippen molar-refractivity contribution in [3.63, 3.8) is 0 Å². The molecule has 2 rings (SSSR count). The average molecular weight is 302 g/mol. The van der Waals surface area contributed by atoms with Crippen molar-refractivity contribution in [2.24, 2.45) is 5.41 Å². The summed E-state index contributed by atoms with van der Waals surface area (Å²) in [4.78, 5) is 12.3. The number of carbonyl (C=O) groups excluding carboxylic acids is 1. The largest absolute Gasteiger partial charge is 0.466 e. The van der Waals surface area contributed by atoms with Gasteiger partial charge in [0.25, 0.3) is 0 Å². The van der Waals surface area contributed by atoms with Crippen LogP contribution in [-0.4, -0.2) is 29.3 Å². The molecule has 0 atom stereocenters. The fourth-order valence-corrected chi connectivity index (χ4v) is 2.91. The number of hydrogen-bond donors (Lipinski definition) is 1. The molecule has 22 heavy (non-hydrogen) atoms. The van der Waals surface area contributed by atoms with Crippen LogP contribution in [0, 0.1) is 30.6 Å². The Morgan fingerprint density at radius 2 is 2.05 bits per heavy atom. The maximum atomic E-state index is 12.3. The number of aromatic nitrogens is 2. The lowest BCUT2D eigenvalue weighted by atomic mass is 9.86. The van der Waals surface area contributed by atoms with Crippen LogP contribution in [0.4, 0.5) is 5.82 Å². The standard InChI is InChI=1S/C16H22N4O2/c1-4-22-15(21)16(7-5-6-8-16)10-18-14-13(9-17)11(2)12(3)19-20-14/h4-8,10H2,1-3H3,(H,18,20). The highest BCUT2D eigenvalue weighted by atomic mass is 16.5. The van der Waals surface area contributed by atoms with E-state index in [4.69, 9.17) is 4.74 Å². The number of nitriles is 1. The molecular weight excluding hydrogens is 280 g/mol. The van der Waals surface area contributed by atoms with Gasteiger partial charge in [-0.25, -0.2) is 0 Å². The molecule has 1 aliphatic rings. The minimum Gasteiger partial charge on any atom is -0.466 e. The number of hydrogen-bond acceptors (Lipinski definition) is 6. The summed E-state index contributed by atoms with van der Waals surface area (Å²) < 4.78 is 5.24. The van der Waals surface area contributed by atoms with Gasteiger partial charge in [0.15, 0.2) is 5.82 Å². The van der Waals surface area contributed by atoms with Gasteiger partial charge in [0, 0.05) is 6.54 Å². The van der Waals surface area contributed by atoms with Crippen LogP contribution < -0.4 is 5.32 Å². The first-order valence-corrected chi connectivity index (χ1v) is 7.69. The molecule has 1 heterocycles. The second kappa shape index (κ2) is 6.73. The van der Waals surface area contributed by atoms with Gasteiger partial charge in [0.2, 0.25) is 0 Å². The molecule has 0 bridgehead atoms. The molecule has 1 N–H and O–H groups in total. The van der Waals surface area contributed by atoms with Crippen LogP contribution in [-0.2, 0) is 9.53 Å². The van der Waals surface area contributed by atoms with Gasteiger partial charge < -0.3 is 10.1 Å². The van der Waals surface area contributed by atoms with Crippen molar-refractivity contribution in [3.05, 3.63) is 16.8 Å². The van der Waals surface area contributed by atoms with Crippen molar-refractivity contribution in [2.75, 3.05) is 18.5 Å². The average Bonchev–Trinajstić information content (AvgIpc) is 2.99. The van der Waals surface area contributed by atoms with E-state index in [1.165, 1.54) is 0 Å². The molecule has 1 aromatic rings. The van der Waals surface area contributed by atoms with E-state index in [1.54, 1.807) is 0 Å². The van der Waals surface area contributed by atoms with Crippen LogP contribution in [0.25, 0.3) is 0 Å². The maximum absolute atomic E-state index is 12.3. The molecule has 0 spiro atoms. The van der Waals surface area contributed by atoms with Gasteiger partial charge >= 0.3 is 5.97 Å². The van der Waals surface area contributed by atoms with E-state index >= 15 is 0 Å². The second-order valence-corrected chi connectivity index (χ2v) is 5.81. The lowest BCUT2D eigenvalue weighted by Crippen LogP contribution is -2.37. The molecule has 118 valence electrons. The van der Waals surface area contributed by atoms with E-state index in [0.29, 0.717) is 24.5 Å². The van der Waals surface area contributed by atoms with Crippen LogP contribution in [0.5, 0.6) is 0 Å². The topological polar surface area (TPSA) is 87.9 Å². The van der Waals surface area contributed by atoms with Crippen molar-refractivity contribution in [1.29, 1.82) is 5.26 Å². The summed E-state index contributed by atoms with van der Waals surface area (Å²) in [6.07, 6.45) is 3.65. The summed E-state index contributed by atoms with van der Waals surface area (Å²) in [5.74, 6) is 0.288. The second-order valence-electron chi connectivity index (χ2n) is 5.81. The Morgan fingerprint density at radius 3 is 2.64 bits per heavy atom. The van der Waals surface area contributed by atoms with E-state index in [9.17, 15) is 10.1 Å². The van der Waals surface area contributed by atoms with Crippen LogP contribution in [0.2, 0.25) is 0 Å². The monoisotopic (exact) mass is 302 g/mol. The third-order valence-electron chi connectivity index (χ3n) is 4.43. The molecule has 0 saturated heterocycles. The first-order valence-electron chi connectivity index (χ1n) is 7.69. The predicted molar refractivity (Wildman–Crippen MR) is 82.2 cm³/mol. The zero-order valence-electron chi connectivity index (χ0n) is 13.4. The highest BCUT2D eigenvalue weighted by molar-refractivity contribution is 5.78. The van der Waals surface area contributed by atoms with E-state index in [1.807, 2.05) is 20.8 Å². The third kappa shape index (κ3) is 3.03. The number of carbonyl (C=O) groups is 1. The van der Waals surface area contributed by atoms with E-state index in [2.05, 4.69) is 21.6 Å². The van der Waals surface area contributed by atoms with Crippen molar-refractivity contribution >= 4 is 11.8 Å². The molecule has 1 saturated carbocycles. The van der Waals surface area contributed by atoms with E-state index < -0.39 is 5.41 Å². The number of rotatable bonds is 5. The van der Waals surface area contributed by atoms with E-state index in [0.717, 1.165) is 36.9 Å². The van der Waals surface area contributed by atoms with Crippen molar-refractivity contribution in [3.8, 4) is 6.07 Å². The number of ether oxygens (including phenoxy) is 1. The van der Waals surface area contributed by atoms with Gasteiger partial charge in [-0.15, -0.1) is 5.10 Å². The zero-order valence-corrected chi connectivity index (χ0v) is 13.4. The van der Waals surface area contributed by atoms with Gasteiger partial charge in [-0.3, -0.25) is 4.79 Å². The Hall–Kier alpha value is -2.16. The number of nitrogens with one attached hydrogen (secondary N) is 1. The van der Waals surface area contributed by atoms with Gasteiger partial charge in [-0.1, -0.05) is 12.8 Å². The maximum Gasteiger partial charge on any atom is 0.313 e. The molecule has 0 aromatic carbocycles. The summed E-state index contributed by atoms with van der Waals surface area (Å²) >= 11 is 0. The predicted octanol–water partition coefficient (Wildman–Crippen LogP) is 2.50. The minimum atomic E-state index is -0.511. The molecule has 6 nitrogen and oxygen atoms in total. The van der Waals surface area contributed by atoms with Crippen molar-refractivity contribution < 1.29 is 9.53 Å². The Balaban J connectivity index is 2.19. The first kappa shape index (κ1) is 16.2. The highest BCUT2D eigenvalue weighted by Gasteiger charge is 2.42. The summed E-state index contributed by atoms with van der Waals surface area (Å²) in [7, 11) is 0. The van der Waals surface area contributed by atoms with Crippen molar-refractivity contribution in [1.82, 2.24) is 10.2 Å². The summed E-state index contributed by atoms with van der Waals surface area (Å²) in [6, 6.07) is 2.17. The van der Waals surface area contributed by atoms with Crippen LogP contribution in [0.15, 0.2) is 0 Å². The quantitative estimate of drug-likeness (QED) is 0.841. The molecule has 0 amide bonds. The van der Waals surface area contributed by atoms with Gasteiger partial charge in [-0.05, 0) is 39.2 Å². The van der Waals surface area contributed by atoms with Gasteiger partial charge in [0.1, 0.15) is 11.6 Å². The van der Waals surface area contributed by atoms with Crippen LogP contribution >= 0.6 is 0 Å². The van der Waals surface area contributed by atoms with Crippen molar-refractivity contribution in [2.45, 2.75) is 46.5 Å². The Morgan fingerprint density at radius 1 is 1.36 bits per heavy atom. The molecule has 0 unspecified atom stereocenters. The number of aryl methyl sites for hydroxylation is 1. The fraction of sp³-hybridized carbons (Fsp3) is 0.625. The summed E-state index contributed by atoms with van der Waals surface area (Å²) in [6.45, 7) is 6.30. The number of nitrogens with zero attached hydrogens (tertiary/aromatic N) is 3. The normalized spacial score (nSPS) is 16.1. The smallest absolute Gasteiger partial charge is 0.313 e. The minimum absolute atomic E-state index is 0.157. The molecule has 1 fully saturated rings. The highest BCUT2D eigenvalue weighted by Crippen LogP contribution is 2.39. The summed E-state index contributed by atoms with van der Waals surface area (Å²) in [5, 5.41) is 20.6. The van der Waals surface area contributed by atoms with Crippen LogP contribution in [0.1, 0.15) is 49.4 Å². The van der Waals surface area contributed by atoms with E-state index in [-0.39, 0.29) is 5.97 Å². The van der Waals surface area contributed by atoms with Gasteiger partial charge in [0.05, 0.1) is 17.7 Å². The molecule has 6 heteroatoms. The summed E-state index contributed by atoms with van der Waals surface area (Å²) in [5.41, 5.74) is 1.53. The molecule has 1 aromatic heterocycles. The van der Waals surface area contributed by atoms with Crippen LogP contribution in [0.3, 0.4) is 0 Å². The SMILES string of the molecule is CCOC(=O)C1(CNc2nnc(C)c(C)c2C#N)CCCC1. The Labute approximate surface area is 130 Å². The third-order valence-corrected chi connectivity index (χ3v) is 4.43. The molecule has 0 aliphatic heterocycles. The fourth-order valence-electron chi connectivity index (χ4n) is 2.91. The number of anilines is 1. The zero-order chi connectivity index (χ0) is 16.2.